The number of benzene rings is 2. The van der Waals surface area contributed by atoms with Crippen LogP contribution in [0, 0.1) is 0 Å². The zero-order valence-corrected chi connectivity index (χ0v) is 24.2. The topological polar surface area (TPSA) is 129 Å². The summed E-state index contributed by atoms with van der Waals surface area (Å²) in [5, 5.41) is 3.11. The Labute approximate surface area is 233 Å². The van der Waals surface area contributed by atoms with E-state index >= 15 is 0 Å². The number of hydrogen-bond acceptors (Lipinski definition) is 8. The van der Waals surface area contributed by atoms with Crippen LogP contribution < -0.4 is 14.8 Å². The number of aryl methyl sites for hydroxylation is 1. The van der Waals surface area contributed by atoms with E-state index in [1.54, 1.807) is 25.1 Å². The average Bonchev–Trinajstić information content (AvgIpc) is 3.23. The van der Waals surface area contributed by atoms with Crippen LogP contribution in [0.3, 0.4) is 0 Å². The summed E-state index contributed by atoms with van der Waals surface area (Å²) < 4.78 is 40.4. The molecule has 0 spiro atoms. The predicted molar refractivity (Wildman–Crippen MR) is 151 cm³/mol. The van der Waals surface area contributed by atoms with Gasteiger partial charge in [0.15, 0.2) is 5.03 Å². The zero-order chi connectivity index (χ0) is 28.4. The molecule has 0 bridgehead atoms. The van der Waals surface area contributed by atoms with E-state index in [1.807, 2.05) is 48.9 Å². The molecule has 12 heteroatoms. The predicted octanol–water partition coefficient (Wildman–Crippen LogP) is 5.21. The highest BCUT2D eigenvalue weighted by Gasteiger charge is 2.23. The molecule has 2 aromatic carbocycles. The normalized spacial score (nSPS) is 11.2. The van der Waals surface area contributed by atoms with Crippen molar-refractivity contribution in [2.24, 2.45) is 0 Å². The molecule has 1 heterocycles. The summed E-state index contributed by atoms with van der Waals surface area (Å²) in [6, 6.07) is 13.1. The molecule has 0 fully saturated rings. The number of urea groups is 1. The van der Waals surface area contributed by atoms with Crippen molar-refractivity contribution < 1.29 is 27.5 Å². The van der Waals surface area contributed by atoms with Crippen molar-refractivity contribution in [1.29, 1.82) is 0 Å². The number of imidazole rings is 1. The van der Waals surface area contributed by atoms with Gasteiger partial charge in [-0.25, -0.2) is 27.7 Å². The molecular weight excluding hydrogens is 540 g/mol. The second-order valence-electron chi connectivity index (χ2n) is 8.52. The first kappa shape index (κ1) is 30.0. The van der Waals surface area contributed by atoms with Gasteiger partial charge in [0.2, 0.25) is 5.88 Å². The van der Waals surface area contributed by atoms with E-state index in [-0.39, 0.29) is 11.5 Å². The second-order valence-corrected chi connectivity index (χ2v) is 11.0. The summed E-state index contributed by atoms with van der Waals surface area (Å²) in [6.07, 6.45) is 3.32. The van der Waals surface area contributed by atoms with Crippen LogP contribution in [-0.2, 0) is 27.7 Å². The van der Waals surface area contributed by atoms with Crippen LogP contribution >= 0.6 is 11.8 Å². The van der Waals surface area contributed by atoms with Crippen molar-refractivity contribution in [2.45, 2.75) is 56.5 Å². The number of carbonyl (C=O) groups is 2. The molecule has 0 aliphatic carbocycles. The molecule has 3 aromatic rings. The van der Waals surface area contributed by atoms with Crippen molar-refractivity contribution in [3.63, 3.8) is 0 Å². The van der Waals surface area contributed by atoms with Gasteiger partial charge in [0.1, 0.15) is 5.82 Å². The molecule has 1 aromatic heterocycles. The highest BCUT2D eigenvalue weighted by Crippen LogP contribution is 2.32. The molecule has 0 atom stereocenters. The van der Waals surface area contributed by atoms with Gasteiger partial charge in [-0.05, 0) is 43.2 Å². The van der Waals surface area contributed by atoms with Gasteiger partial charge < -0.3 is 14.8 Å². The number of amides is 2. The first-order valence-electron chi connectivity index (χ1n) is 12.7. The van der Waals surface area contributed by atoms with E-state index in [0.717, 1.165) is 17.8 Å². The van der Waals surface area contributed by atoms with E-state index in [4.69, 9.17) is 9.47 Å². The van der Waals surface area contributed by atoms with Crippen LogP contribution in [0.1, 0.15) is 45.0 Å². The molecule has 0 unspecified atom stereocenters. The summed E-state index contributed by atoms with van der Waals surface area (Å²) in [5.41, 5.74) is 2.03. The quantitative estimate of drug-likeness (QED) is 0.223. The van der Waals surface area contributed by atoms with Gasteiger partial charge in [-0.2, -0.15) is 0 Å². The maximum atomic E-state index is 13.0. The first-order valence-corrected chi connectivity index (χ1v) is 15.4. The van der Waals surface area contributed by atoms with Gasteiger partial charge >= 0.3 is 12.2 Å². The SMILES string of the molecule is CCCNC(=O)NS(=O)(=O)c1ccccc1-c1ccc(Cn2c(CCC)nc(SC)c2OC(=O)OCC)cc1. The lowest BCUT2D eigenvalue weighted by Gasteiger charge is -2.14. The Morgan fingerprint density at radius 2 is 1.74 bits per heavy atom. The number of rotatable bonds is 12. The minimum atomic E-state index is -4.10. The Morgan fingerprint density at radius 1 is 1.03 bits per heavy atom. The highest BCUT2D eigenvalue weighted by molar-refractivity contribution is 7.98. The van der Waals surface area contributed by atoms with Gasteiger partial charge in [0, 0.05) is 18.5 Å². The lowest BCUT2D eigenvalue weighted by molar-refractivity contribution is 0.0998. The molecular formula is C27H34N4O6S2. The third-order valence-corrected chi connectivity index (χ3v) is 7.67. The minimum Gasteiger partial charge on any atom is -0.434 e. The Bertz CT molecular complexity index is 1390. The number of ether oxygens (including phenoxy) is 2. The molecule has 2 N–H and O–H groups in total. The molecule has 0 saturated carbocycles. The number of carbonyl (C=O) groups excluding carboxylic acids is 2. The average molecular weight is 575 g/mol. The number of nitrogens with one attached hydrogen (secondary N) is 2. The van der Waals surface area contributed by atoms with Gasteiger partial charge in [-0.15, -0.1) is 11.8 Å². The van der Waals surface area contributed by atoms with E-state index < -0.39 is 22.2 Å². The molecule has 39 heavy (non-hydrogen) atoms. The molecule has 0 radical (unpaired) electrons. The van der Waals surface area contributed by atoms with Crippen LogP contribution in [0.5, 0.6) is 5.88 Å². The van der Waals surface area contributed by atoms with Crippen molar-refractivity contribution in [1.82, 2.24) is 19.6 Å². The maximum absolute atomic E-state index is 13.0. The maximum Gasteiger partial charge on any atom is 0.515 e. The fourth-order valence-corrected chi connectivity index (χ4v) is 5.54. The fraction of sp³-hybridized carbons (Fsp3) is 0.370. The Kier molecular flexibility index (Phi) is 10.8. The van der Waals surface area contributed by atoms with Crippen LogP contribution in [0.2, 0.25) is 0 Å². The van der Waals surface area contributed by atoms with Crippen LogP contribution in [-0.4, -0.2) is 49.6 Å². The summed E-state index contributed by atoms with van der Waals surface area (Å²) in [6.45, 7) is 6.58. The summed E-state index contributed by atoms with van der Waals surface area (Å²) >= 11 is 1.38. The molecule has 0 aliphatic heterocycles. The van der Waals surface area contributed by atoms with E-state index in [2.05, 4.69) is 15.0 Å². The van der Waals surface area contributed by atoms with Crippen LogP contribution in [0.15, 0.2) is 58.5 Å². The lowest BCUT2D eigenvalue weighted by Crippen LogP contribution is -2.39. The van der Waals surface area contributed by atoms with E-state index in [0.29, 0.717) is 48.0 Å². The van der Waals surface area contributed by atoms with Gasteiger partial charge in [0.25, 0.3) is 10.0 Å². The van der Waals surface area contributed by atoms with Gasteiger partial charge in [-0.1, -0.05) is 56.3 Å². The molecule has 210 valence electrons. The fourth-order valence-electron chi connectivity index (χ4n) is 3.86. The minimum absolute atomic E-state index is 0.000949. The number of hydrogen-bond donors (Lipinski definition) is 2. The number of nitrogens with zero attached hydrogens (tertiary/aromatic N) is 2. The summed E-state index contributed by atoms with van der Waals surface area (Å²) in [4.78, 5) is 28.8. The lowest BCUT2D eigenvalue weighted by atomic mass is 10.0. The summed E-state index contributed by atoms with van der Waals surface area (Å²) in [5.74, 6) is 1.12. The van der Waals surface area contributed by atoms with Gasteiger partial charge in [-0.3, -0.25) is 4.57 Å². The Hall–Kier alpha value is -3.51. The van der Waals surface area contributed by atoms with Gasteiger partial charge in [0.05, 0.1) is 18.0 Å². The number of sulfonamides is 1. The van der Waals surface area contributed by atoms with E-state index in [1.165, 1.54) is 17.8 Å². The number of thioether (sulfide) groups is 1. The van der Waals surface area contributed by atoms with Crippen molar-refractivity contribution in [3.05, 3.63) is 59.9 Å². The Morgan fingerprint density at radius 3 is 2.38 bits per heavy atom. The van der Waals surface area contributed by atoms with Crippen molar-refractivity contribution >= 4 is 34.0 Å². The monoisotopic (exact) mass is 574 g/mol. The standard InChI is InChI=1S/C27H34N4O6S2/c1-5-10-23-29-24(38-4)25(37-27(33)36-7-3)31(23)18-19-13-15-20(16-14-19)21-11-8-9-12-22(21)39(34,35)30-26(32)28-17-6-2/h8-9,11-16H,5-7,10,17-18H2,1-4H3,(H2,28,30,32). The third kappa shape index (κ3) is 7.76. The molecule has 2 amide bonds. The zero-order valence-electron chi connectivity index (χ0n) is 22.5. The second kappa shape index (κ2) is 14.0. The first-order chi connectivity index (χ1) is 18.7. The van der Waals surface area contributed by atoms with Crippen molar-refractivity contribution in [3.8, 4) is 17.0 Å². The number of aromatic nitrogens is 2. The molecule has 0 aliphatic rings. The Balaban J connectivity index is 1.91. The largest absolute Gasteiger partial charge is 0.515 e. The smallest absolute Gasteiger partial charge is 0.434 e. The summed E-state index contributed by atoms with van der Waals surface area (Å²) in [7, 11) is -4.10. The van der Waals surface area contributed by atoms with Crippen LogP contribution in [0.4, 0.5) is 9.59 Å². The van der Waals surface area contributed by atoms with Crippen LogP contribution in [0.25, 0.3) is 11.1 Å². The van der Waals surface area contributed by atoms with Crippen molar-refractivity contribution in [2.75, 3.05) is 19.4 Å². The third-order valence-electron chi connectivity index (χ3n) is 5.62. The highest BCUT2D eigenvalue weighted by atomic mass is 32.2. The van der Waals surface area contributed by atoms with E-state index in [9.17, 15) is 18.0 Å². The molecule has 0 saturated heterocycles. The molecule has 10 nitrogen and oxygen atoms in total. The molecule has 3 rings (SSSR count).